The molecule has 4 nitrogen and oxygen atoms in total. The zero-order valence-corrected chi connectivity index (χ0v) is 9.95. The van der Waals surface area contributed by atoms with Crippen molar-refractivity contribution in [3.63, 3.8) is 0 Å². The Bertz CT molecular complexity index is 330. The van der Waals surface area contributed by atoms with Crippen LogP contribution >= 0.6 is 11.6 Å². The molecule has 0 aliphatic heterocycles. The van der Waals surface area contributed by atoms with Crippen LogP contribution in [0.3, 0.4) is 0 Å². The number of hydrogen-bond acceptors (Lipinski definition) is 4. The molecule has 1 heterocycles. The lowest BCUT2D eigenvalue weighted by Gasteiger charge is -2.16. The van der Waals surface area contributed by atoms with E-state index in [0.29, 0.717) is 17.5 Å². The normalized spacial score (nSPS) is 12.9. The Kier molecular flexibility index (Phi) is 4.15. The molecule has 1 unspecified atom stereocenters. The van der Waals surface area contributed by atoms with E-state index in [4.69, 9.17) is 22.1 Å². The van der Waals surface area contributed by atoms with E-state index >= 15 is 0 Å². The molecule has 0 bridgehead atoms. The molecular weight excluding hydrogens is 214 g/mol. The molecule has 84 valence electrons. The first-order chi connectivity index (χ1) is 7.00. The number of nitrogens with zero attached hydrogens (tertiary/aromatic N) is 2. The molecular formula is C10H16ClN3O. The highest BCUT2D eigenvalue weighted by atomic mass is 35.5. The number of anilines is 1. The van der Waals surface area contributed by atoms with E-state index < -0.39 is 0 Å². The Labute approximate surface area is 94.8 Å². The SMILES string of the molecule is CC(C)CC(C)Oc1ncnc(Cl)c1N. The minimum atomic E-state index is 0.0678. The second-order valence-corrected chi connectivity index (χ2v) is 4.30. The van der Waals surface area contributed by atoms with Gasteiger partial charge in [0, 0.05) is 0 Å². The van der Waals surface area contributed by atoms with E-state index in [1.807, 2.05) is 6.92 Å². The lowest BCUT2D eigenvalue weighted by atomic mass is 10.1. The maximum Gasteiger partial charge on any atom is 0.242 e. The van der Waals surface area contributed by atoms with Gasteiger partial charge in [-0.15, -0.1) is 0 Å². The van der Waals surface area contributed by atoms with E-state index in [-0.39, 0.29) is 11.3 Å². The zero-order chi connectivity index (χ0) is 11.4. The van der Waals surface area contributed by atoms with Gasteiger partial charge in [0.1, 0.15) is 12.0 Å². The molecule has 0 amide bonds. The second kappa shape index (κ2) is 5.16. The van der Waals surface area contributed by atoms with Gasteiger partial charge < -0.3 is 10.5 Å². The van der Waals surface area contributed by atoms with Crippen LogP contribution < -0.4 is 10.5 Å². The summed E-state index contributed by atoms with van der Waals surface area (Å²) in [7, 11) is 0. The lowest BCUT2D eigenvalue weighted by molar-refractivity contribution is 0.186. The van der Waals surface area contributed by atoms with Crippen molar-refractivity contribution >= 4 is 17.3 Å². The van der Waals surface area contributed by atoms with Crippen molar-refractivity contribution in [2.75, 3.05) is 5.73 Å². The van der Waals surface area contributed by atoms with E-state index in [2.05, 4.69) is 23.8 Å². The molecule has 0 saturated carbocycles. The quantitative estimate of drug-likeness (QED) is 0.806. The van der Waals surface area contributed by atoms with Gasteiger partial charge in [-0.05, 0) is 19.3 Å². The Morgan fingerprint density at radius 3 is 2.67 bits per heavy atom. The molecule has 2 N–H and O–H groups in total. The van der Waals surface area contributed by atoms with E-state index in [9.17, 15) is 0 Å². The average Bonchev–Trinajstić information content (AvgIpc) is 2.11. The molecule has 0 spiro atoms. The molecule has 15 heavy (non-hydrogen) atoms. The second-order valence-electron chi connectivity index (χ2n) is 3.94. The van der Waals surface area contributed by atoms with Gasteiger partial charge in [0.2, 0.25) is 5.88 Å². The van der Waals surface area contributed by atoms with Crippen molar-refractivity contribution in [2.45, 2.75) is 33.3 Å². The zero-order valence-electron chi connectivity index (χ0n) is 9.20. The molecule has 5 heteroatoms. The van der Waals surface area contributed by atoms with Crippen LogP contribution in [0.4, 0.5) is 5.69 Å². The summed E-state index contributed by atoms with van der Waals surface area (Å²) < 4.78 is 5.58. The fraction of sp³-hybridized carbons (Fsp3) is 0.600. The van der Waals surface area contributed by atoms with Crippen LogP contribution in [0.2, 0.25) is 5.15 Å². The smallest absolute Gasteiger partial charge is 0.242 e. The molecule has 1 aromatic heterocycles. The van der Waals surface area contributed by atoms with Gasteiger partial charge >= 0.3 is 0 Å². The maximum atomic E-state index is 5.75. The van der Waals surface area contributed by atoms with Crippen LogP contribution in [0.1, 0.15) is 27.2 Å². The highest BCUT2D eigenvalue weighted by Crippen LogP contribution is 2.25. The van der Waals surface area contributed by atoms with Gasteiger partial charge in [-0.2, -0.15) is 4.98 Å². The number of nitrogens with two attached hydrogens (primary N) is 1. The number of aromatic nitrogens is 2. The van der Waals surface area contributed by atoms with Gasteiger partial charge in [-0.3, -0.25) is 0 Å². The van der Waals surface area contributed by atoms with Crippen LogP contribution in [-0.4, -0.2) is 16.1 Å². The fourth-order valence-electron chi connectivity index (χ4n) is 1.36. The van der Waals surface area contributed by atoms with Crippen molar-refractivity contribution in [3.8, 4) is 5.88 Å². The number of halogens is 1. The third-order valence-corrected chi connectivity index (χ3v) is 2.22. The highest BCUT2D eigenvalue weighted by molar-refractivity contribution is 6.32. The van der Waals surface area contributed by atoms with Crippen LogP contribution in [0.15, 0.2) is 6.33 Å². The summed E-state index contributed by atoms with van der Waals surface area (Å²) in [4.78, 5) is 7.70. The first-order valence-corrected chi connectivity index (χ1v) is 5.31. The predicted molar refractivity (Wildman–Crippen MR) is 61.0 cm³/mol. The van der Waals surface area contributed by atoms with Crippen molar-refractivity contribution in [3.05, 3.63) is 11.5 Å². The van der Waals surface area contributed by atoms with E-state index in [1.54, 1.807) is 0 Å². The number of rotatable bonds is 4. The molecule has 0 saturated heterocycles. The summed E-state index contributed by atoms with van der Waals surface area (Å²) in [6.45, 7) is 6.25. The van der Waals surface area contributed by atoms with Crippen molar-refractivity contribution < 1.29 is 4.74 Å². The third-order valence-electron chi connectivity index (χ3n) is 1.91. The van der Waals surface area contributed by atoms with Crippen molar-refractivity contribution in [2.24, 2.45) is 5.92 Å². The Balaban J connectivity index is 2.68. The molecule has 0 fully saturated rings. The van der Waals surface area contributed by atoms with Gasteiger partial charge in [0.25, 0.3) is 0 Å². The average molecular weight is 230 g/mol. The van der Waals surface area contributed by atoms with Crippen LogP contribution in [0.25, 0.3) is 0 Å². The van der Waals surface area contributed by atoms with E-state index in [1.165, 1.54) is 6.33 Å². The Hall–Kier alpha value is -1.03. The van der Waals surface area contributed by atoms with E-state index in [0.717, 1.165) is 6.42 Å². The summed E-state index contributed by atoms with van der Waals surface area (Å²) in [5.74, 6) is 0.932. The van der Waals surface area contributed by atoms with Gasteiger partial charge in [-0.25, -0.2) is 4.98 Å². The van der Waals surface area contributed by atoms with Crippen LogP contribution in [-0.2, 0) is 0 Å². The number of nitrogen functional groups attached to an aromatic ring is 1. The highest BCUT2D eigenvalue weighted by Gasteiger charge is 2.12. The van der Waals surface area contributed by atoms with Crippen LogP contribution in [0, 0.1) is 5.92 Å². The Morgan fingerprint density at radius 2 is 2.07 bits per heavy atom. The van der Waals surface area contributed by atoms with Gasteiger partial charge in [0.05, 0.1) is 6.10 Å². The Morgan fingerprint density at radius 1 is 1.40 bits per heavy atom. The summed E-state index contributed by atoms with van der Waals surface area (Å²) in [5, 5.41) is 0.233. The molecule has 1 rings (SSSR count). The summed E-state index contributed by atoms with van der Waals surface area (Å²) in [6.07, 6.45) is 2.36. The first kappa shape index (κ1) is 12.0. The molecule has 1 aromatic rings. The van der Waals surface area contributed by atoms with Gasteiger partial charge in [-0.1, -0.05) is 25.4 Å². The maximum absolute atomic E-state index is 5.75. The number of ether oxygens (including phenoxy) is 1. The third kappa shape index (κ3) is 3.55. The summed E-state index contributed by atoms with van der Waals surface area (Å²) in [6, 6.07) is 0. The van der Waals surface area contributed by atoms with Crippen molar-refractivity contribution in [1.82, 2.24) is 9.97 Å². The van der Waals surface area contributed by atoms with Gasteiger partial charge in [0.15, 0.2) is 5.15 Å². The number of hydrogen-bond donors (Lipinski definition) is 1. The largest absolute Gasteiger partial charge is 0.473 e. The van der Waals surface area contributed by atoms with Crippen LogP contribution in [0.5, 0.6) is 5.88 Å². The fourth-order valence-corrected chi connectivity index (χ4v) is 1.48. The predicted octanol–water partition coefficient (Wildman–Crippen LogP) is 2.53. The molecule has 0 aliphatic rings. The van der Waals surface area contributed by atoms with Crippen molar-refractivity contribution in [1.29, 1.82) is 0 Å². The topological polar surface area (TPSA) is 61.0 Å². The first-order valence-electron chi connectivity index (χ1n) is 4.93. The molecule has 0 aliphatic carbocycles. The lowest BCUT2D eigenvalue weighted by Crippen LogP contribution is -2.16. The molecule has 0 radical (unpaired) electrons. The minimum absolute atomic E-state index is 0.0678. The standard InChI is InChI=1S/C10H16ClN3O/c1-6(2)4-7(3)15-10-8(12)9(11)13-5-14-10/h5-7H,4,12H2,1-3H3. The minimum Gasteiger partial charge on any atom is -0.473 e. The summed E-state index contributed by atoms with van der Waals surface area (Å²) >= 11 is 5.75. The molecule has 1 atom stereocenters. The monoisotopic (exact) mass is 229 g/mol. The molecule has 0 aromatic carbocycles. The summed E-state index contributed by atoms with van der Waals surface area (Å²) in [5.41, 5.74) is 5.98.